The lowest BCUT2D eigenvalue weighted by molar-refractivity contribution is 0.0679. The van der Waals surface area contributed by atoms with Gasteiger partial charge in [-0.1, -0.05) is 17.7 Å². The summed E-state index contributed by atoms with van der Waals surface area (Å²) in [5.74, 6) is -1.70. The number of hydrogen-bond donors (Lipinski definition) is 0. The molecule has 0 aromatic heterocycles. The molecule has 174 valence electrons. The Balaban J connectivity index is 1.92. The lowest BCUT2D eigenvalue weighted by atomic mass is 10.1. The summed E-state index contributed by atoms with van der Waals surface area (Å²) < 4.78 is 62.5. The van der Waals surface area contributed by atoms with Gasteiger partial charge in [0.1, 0.15) is 22.3 Å². The van der Waals surface area contributed by atoms with Crippen LogP contribution in [0.1, 0.15) is 15.9 Å². The Labute approximate surface area is 195 Å². The van der Waals surface area contributed by atoms with Crippen molar-refractivity contribution in [3.63, 3.8) is 0 Å². The molecule has 0 fully saturated rings. The Kier molecular flexibility index (Phi) is 8.01. The molecule has 0 N–H and O–H groups in total. The zero-order valence-electron chi connectivity index (χ0n) is 17.5. The average Bonchev–Trinajstić information content (AvgIpc) is 2.78. The Morgan fingerprint density at radius 1 is 1.00 bits per heavy atom. The first-order valence-corrected chi connectivity index (χ1v) is 11.5. The topological polar surface area (TPSA) is 72.9 Å². The van der Waals surface area contributed by atoms with Gasteiger partial charge in [0.25, 0.3) is 5.91 Å². The predicted octanol–water partition coefficient (Wildman–Crippen LogP) is 4.67. The van der Waals surface area contributed by atoms with E-state index < -0.39 is 27.7 Å². The standard InChI is InChI=1S/C23H20ClF2NO5S/c1-31-12-11-27(23(28)16-3-2-4-20(26)14-16)15-17-13-18(24)5-10-22(17)32-33(29,30)21-8-6-19(25)7-9-21/h2-10,13-14H,11-12,15H2,1H3. The van der Waals surface area contributed by atoms with E-state index in [1.54, 1.807) is 0 Å². The smallest absolute Gasteiger partial charge is 0.339 e. The van der Waals surface area contributed by atoms with Crippen molar-refractivity contribution < 1.29 is 30.9 Å². The van der Waals surface area contributed by atoms with Gasteiger partial charge in [0, 0.05) is 36.3 Å². The van der Waals surface area contributed by atoms with Crippen LogP contribution in [0.15, 0.2) is 71.6 Å². The summed E-state index contributed by atoms with van der Waals surface area (Å²) in [6.45, 7) is 0.238. The van der Waals surface area contributed by atoms with Gasteiger partial charge in [-0.05, 0) is 60.7 Å². The second-order valence-electron chi connectivity index (χ2n) is 6.97. The molecule has 3 aromatic carbocycles. The lowest BCUT2D eigenvalue weighted by Crippen LogP contribution is -2.33. The minimum Gasteiger partial charge on any atom is -0.383 e. The number of methoxy groups -OCH3 is 1. The van der Waals surface area contributed by atoms with Gasteiger partial charge in [0.2, 0.25) is 0 Å². The van der Waals surface area contributed by atoms with E-state index in [2.05, 4.69) is 0 Å². The molecule has 0 aliphatic rings. The van der Waals surface area contributed by atoms with Gasteiger partial charge in [-0.25, -0.2) is 8.78 Å². The fourth-order valence-corrected chi connectivity index (χ4v) is 4.14. The number of benzene rings is 3. The third-order valence-corrected chi connectivity index (χ3v) is 6.09. The lowest BCUT2D eigenvalue weighted by Gasteiger charge is -2.24. The predicted molar refractivity (Wildman–Crippen MR) is 119 cm³/mol. The first-order valence-electron chi connectivity index (χ1n) is 9.72. The second kappa shape index (κ2) is 10.7. The first-order chi connectivity index (χ1) is 15.7. The molecule has 0 aliphatic carbocycles. The number of carbonyl (C=O) groups excluding carboxylic acids is 1. The van der Waals surface area contributed by atoms with Crippen molar-refractivity contribution in [2.75, 3.05) is 20.3 Å². The Hall–Kier alpha value is -3.01. The fraction of sp³-hybridized carbons (Fsp3) is 0.174. The second-order valence-corrected chi connectivity index (χ2v) is 8.96. The van der Waals surface area contributed by atoms with Crippen molar-refractivity contribution in [3.05, 3.63) is 94.5 Å². The number of ether oxygens (including phenoxy) is 1. The van der Waals surface area contributed by atoms with Gasteiger partial charge in [-0.3, -0.25) is 4.79 Å². The minimum atomic E-state index is -4.28. The normalized spacial score (nSPS) is 11.3. The summed E-state index contributed by atoms with van der Waals surface area (Å²) in [4.78, 5) is 14.1. The molecule has 33 heavy (non-hydrogen) atoms. The highest BCUT2D eigenvalue weighted by Gasteiger charge is 2.22. The average molecular weight is 496 g/mol. The first kappa shape index (κ1) is 24.6. The van der Waals surface area contributed by atoms with Gasteiger partial charge < -0.3 is 13.8 Å². The number of amides is 1. The maximum Gasteiger partial charge on any atom is 0.339 e. The van der Waals surface area contributed by atoms with Crippen molar-refractivity contribution >= 4 is 27.6 Å². The Bertz CT molecular complexity index is 1240. The maximum absolute atomic E-state index is 13.6. The zero-order chi connectivity index (χ0) is 24.0. The van der Waals surface area contributed by atoms with Crippen molar-refractivity contribution in [1.82, 2.24) is 4.90 Å². The molecule has 0 heterocycles. The molecule has 0 unspecified atom stereocenters. The number of rotatable bonds is 9. The molecule has 10 heteroatoms. The summed E-state index contributed by atoms with van der Waals surface area (Å²) in [5, 5.41) is 0.293. The third-order valence-electron chi connectivity index (χ3n) is 4.61. The van der Waals surface area contributed by atoms with E-state index in [9.17, 15) is 22.0 Å². The van der Waals surface area contributed by atoms with Crippen LogP contribution in [-0.2, 0) is 21.4 Å². The number of halogens is 3. The van der Waals surface area contributed by atoms with Crippen LogP contribution in [0.4, 0.5) is 8.78 Å². The van der Waals surface area contributed by atoms with Crippen LogP contribution in [0.25, 0.3) is 0 Å². The van der Waals surface area contributed by atoms with E-state index in [4.69, 9.17) is 20.5 Å². The largest absolute Gasteiger partial charge is 0.383 e. The van der Waals surface area contributed by atoms with Crippen LogP contribution in [0.3, 0.4) is 0 Å². The van der Waals surface area contributed by atoms with E-state index in [1.165, 1.54) is 48.4 Å². The van der Waals surface area contributed by atoms with Gasteiger partial charge in [0.15, 0.2) is 0 Å². The SMILES string of the molecule is COCCN(Cc1cc(Cl)ccc1OS(=O)(=O)c1ccc(F)cc1)C(=O)c1cccc(F)c1. The summed E-state index contributed by atoms with van der Waals surface area (Å²) in [6, 6.07) is 13.7. The molecule has 3 aromatic rings. The van der Waals surface area contributed by atoms with E-state index >= 15 is 0 Å². The minimum absolute atomic E-state index is 0.0572. The van der Waals surface area contributed by atoms with Crippen LogP contribution in [0.2, 0.25) is 5.02 Å². The maximum atomic E-state index is 13.6. The molecular formula is C23H20ClF2NO5S. The van der Waals surface area contributed by atoms with E-state index in [-0.39, 0.29) is 35.9 Å². The molecule has 1 amide bonds. The molecule has 0 bridgehead atoms. The highest BCUT2D eigenvalue weighted by molar-refractivity contribution is 7.87. The van der Waals surface area contributed by atoms with E-state index in [1.807, 2.05) is 0 Å². The molecule has 0 aliphatic heterocycles. The zero-order valence-corrected chi connectivity index (χ0v) is 19.1. The van der Waals surface area contributed by atoms with Crippen LogP contribution < -0.4 is 4.18 Å². The molecule has 6 nitrogen and oxygen atoms in total. The van der Waals surface area contributed by atoms with Crippen molar-refractivity contribution in [2.45, 2.75) is 11.4 Å². The van der Waals surface area contributed by atoms with Crippen LogP contribution in [0, 0.1) is 11.6 Å². The molecular weight excluding hydrogens is 476 g/mol. The van der Waals surface area contributed by atoms with Gasteiger partial charge in [-0.2, -0.15) is 8.42 Å². The van der Waals surface area contributed by atoms with Gasteiger partial charge in [0.05, 0.1) is 6.61 Å². The van der Waals surface area contributed by atoms with E-state index in [0.29, 0.717) is 10.6 Å². The fourth-order valence-electron chi connectivity index (χ4n) is 2.98. The van der Waals surface area contributed by atoms with Crippen molar-refractivity contribution in [3.8, 4) is 5.75 Å². The molecule has 0 spiro atoms. The van der Waals surface area contributed by atoms with Gasteiger partial charge in [-0.15, -0.1) is 0 Å². The van der Waals surface area contributed by atoms with Crippen LogP contribution in [-0.4, -0.2) is 39.5 Å². The summed E-state index contributed by atoms with van der Waals surface area (Å²) in [5.41, 5.74) is 0.420. The van der Waals surface area contributed by atoms with E-state index in [0.717, 1.165) is 30.3 Å². The van der Waals surface area contributed by atoms with Crippen molar-refractivity contribution in [1.29, 1.82) is 0 Å². The Morgan fingerprint density at radius 2 is 1.73 bits per heavy atom. The number of carbonyl (C=O) groups is 1. The molecule has 0 saturated carbocycles. The summed E-state index contributed by atoms with van der Waals surface area (Å²) in [7, 11) is -2.82. The molecule has 3 rings (SSSR count). The summed E-state index contributed by atoms with van der Waals surface area (Å²) in [6.07, 6.45) is 0. The quantitative estimate of drug-likeness (QED) is 0.403. The molecule has 0 saturated heterocycles. The summed E-state index contributed by atoms with van der Waals surface area (Å²) >= 11 is 6.10. The highest BCUT2D eigenvalue weighted by Crippen LogP contribution is 2.28. The highest BCUT2D eigenvalue weighted by atomic mass is 35.5. The number of hydrogen-bond acceptors (Lipinski definition) is 5. The molecule has 0 atom stereocenters. The number of nitrogens with zero attached hydrogens (tertiary/aromatic N) is 1. The Morgan fingerprint density at radius 3 is 2.39 bits per heavy atom. The van der Waals surface area contributed by atoms with Crippen LogP contribution in [0.5, 0.6) is 5.75 Å². The monoisotopic (exact) mass is 495 g/mol. The van der Waals surface area contributed by atoms with Crippen LogP contribution >= 0.6 is 11.6 Å². The third kappa shape index (κ3) is 6.50. The van der Waals surface area contributed by atoms with Gasteiger partial charge >= 0.3 is 10.1 Å². The van der Waals surface area contributed by atoms with Crippen molar-refractivity contribution in [2.24, 2.45) is 0 Å². The molecule has 0 radical (unpaired) electrons.